The van der Waals surface area contributed by atoms with Gasteiger partial charge < -0.3 is 25.8 Å². The number of nitrogens with zero attached hydrogens (tertiary/aromatic N) is 1. The van der Waals surface area contributed by atoms with Crippen molar-refractivity contribution in [3.8, 4) is 0 Å². The maximum atomic E-state index is 13.5. The van der Waals surface area contributed by atoms with Crippen molar-refractivity contribution in [3.63, 3.8) is 0 Å². The number of carbonyl (C=O) groups is 3. The monoisotopic (exact) mass is 517 g/mol. The number of amides is 2. The molecule has 208 valence electrons. The number of rotatable bonds is 13. The van der Waals surface area contributed by atoms with Crippen LogP contribution in [0.25, 0.3) is 0 Å². The van der Waals surface area contributed by atoms with Gasteiger partial charge in [-0.25, -0.2) is 0 Å². The van der Waals surface area contributed by atoms with Crippen LogP contribution >= 0.6 is 0 Å². The van der Waals surface area contributed by atoms with Crippen molar-refractivity contribution in [2.45, 2.75) is 98.3 Å². The van der Waals surface area contributed by atoms with Crippen molar-refractivity contribution < 1.29 is 24.2 Å². The molecule has 0 radical (unpaired) electrons. The lowest BCUT2D eigenvalue weighted by molar-refractivity contribution is -0.152. The summed E-state index contributed by atoms with van der Waals surface area (Å²) in [6.07, 6.45) is 2.28. The van der Waals surface area contributed by atoms with Crippen molar-refractivity contribution >= 4 is 23.5 Å². The number of para-hydroxylation sites is 1. The second-order valence-electron chi connectivity index (χ2n) is 11.6. The van der Waals surface area contributed by atoms with E-state index < -0.39 is 23.5 Å². The Bertz CT molecular complexity index is 917. The number of ether oxygens (including phenoxy) is 1. The molecule has 1 aromatic rings. The van der Waals surface area contributed by atoms with Crippen LogP contribution in [0.15, 0.2) is 24.3 Å². The molecule has 0 saturated carbocycles. The molecule has 8 nitrogen and oxygen atoms in total. The van der Waals surface area contributed by atoms with E-state index in [4.69, 9.17) is 10.5 Å². The van der Waals surface area contributed by atoms with E-state index in [1.54, 1.807) is 11.8 Å². The smallest absolute Gasteiger partial charge is 0.311 e. The number of unbranched alkanes of at least 4 members (excludes halogenated alkanes) is 1. The van der Waals surface area contributed by atoms with Gasteiger partial charge in [0, 0.05) is 37.2 Å². The number of carbonyl (C=O) groups excluding carboxylic acids is 3. The van der Waals surface area contributed by atoms with Gasteiger partial charge >= 0.3 is 5.97 Å². The van der Waals surface area contributed by atoms with Crippen LogP contribution in [0.2, 0.25) is 0 Å². The molecule has 1 aliphatic rings. The SMILES string of the molecule is CCCCNC(=O)[C@H](C)C[C@H](O)[C@@H](N)CC(C)(C)CC(=O)N1CC(C(=O)OC(C)C)Cc2ccccc21. The second-order valence-corrected chi connectivity index (χ2v) is 11.6. The Morgan fingerprint density at radius 2 is 1.89 bits per heavy atom. The number of aliphatic hydroxyl groups excluding tert-OH is 1. The van der Waals surface area contributed by atoms with Gasteiger partial charge in [-0.3, -0.25) is 14.4 Å². The topological polar surface area (TPSA) is 122 Å². The highest BCUT2D eigenvalue weighted by molar-refractivity contribution is 5.96. The lowest BCUT2D eigenvalue weighted by Gasteiger charge is -2.37. The molecule has 8 heteroatoms. The Balaban J connectivity index is 2.02. The van der Waals surface area contributed by atoms with Gasteiger partial charge in [0.1, 0.15) is 0 Å². The van der Waals surface area contributed by atoms with E-state index in [9.17, 15) is 19.5 Å². The molecule has 2 rings (SSSR count). The number of benzene rings is 1. The summed E-state index contributed by atoms with van der Waals surface area (Å²) in [5.41, 5.74) is 7.62. The van der Waals surface area contributed by atoms with Crippen LogP contribution in [0.5, 0.6) is 0 Å². The average Bonchev–Trinajstić information content (AvgIpc) is 2.82. The van der Waals surface area contributed by atoms with Crippen molar-refractivity contribution in [1.29, 1.82) is 0 Å². The Labute approximate surface area is 222 Å². The standard InChI is InChI=1S/C29H47N3O5/c1-7-8-13-31-27(35)20(4)14-25(33)23(30)16-29(5,6)17-26(34)32-18-22(28(36)37-19(2)3)15-21-11-9-10-12-24(21)32/h9-12,19-20,22-23,25,33H,7-8,13-18,30H2,1-6H3,(H,31,35)/t20-,22?,23+,25+/m1/s1. The van der Waals surface area contributed by atoms with Crippen LogP contribution in [0.1, 0.15) is 79.2 Å². The summed E-state index contributed by atoms with van der Waals surface area (Å²) in [6.45, 7) is 12.3. The predicted octanol–water partition coefficient (Wildman–Crippen LogP) is 3.58. The Morgan fingerprint density at radius 3 is 2.54 bits per heavy atom. The molecule has 1 unspecified atom stereocenters. The van der Waals surface area contributed by atoms with Crippen molar-refractivity contribution in [2.75, 3.05) is 18.0 Å². The van der Waals surface area contributed by atoms with E-state index in [0.29, 0.717) is 19.4 Å². The van der Waals surface area contributed by atoms with Gasteiger partial charge in [0.05, 0.1) is 18.1 Å². The summed E-state index contributed by atoms with van der Waals surface area (Å²) in [5.74, 6) is -1.23. The predicted molar refractivity (Wildman–Crippen MR) is 146 cm³/mol. The molecule has 2 amide bonds. The zero-order valence-electron chi connectivity index (χ0n) is 23.5. The van der Waals surface area contributed by atoms with E-state index in [0.717, 1.165) is 24.1 Å². The van der Waals surface area contributed by atoms with Crippen molar-refractivity contribution in [3.05, 3.63) is 29.8 Å². The number of anilines is 1. The second kappa shape index (κ2) is 13.9. The van der Waals surface area contributed by atoms with Gasteiger partial charge in [0.25, 0.3) is 0 Å². The molecule has 4 N–H and O–H groups in total. The van der Waals surface area contributed by atoms with Crippen LogP contribution in [-0.2, 0) is 25.5 Å². The van der Waals surface area contributed by atoms with Gasteiger partial charge in [0.15, 0.2) is 0 Å². The summed E-state index contributed by atoms with van der Waals surface area (Å²) >= 11 is 0. The maximum absolute atomic E-state index is 13.5. The molecular weight excluding hydrogens is 470 g/mol. The molecule has 4 atom stereocenters. The first kappa shape index (κ1) is 30.8. The van der Waals surface area contributed by atoms with E-state index in [1.807, 2.05) is 52.0 Å². The minimum absolute atomic E-state index is 0.0801. The van der Waals surface area contributed by atoms with Crippen LogP contribution in [0.3, 0.4) is 0 Å². The normalized spacial score (nSPS) is 18.1. The zero-order valence-corrected chi connectivity index (χ0v) is 23.5. The summed E-state index contributed by atoms with van der Waals surface area (Å²) < 4.78 is 5.44. The van der Waals surface area contributed by atoms with Gasteiger partial charge in [-0.1, -0.05) is 52.3 Å². The van der Waals surface area contributed by atoms with Gasteiger partial charge in [-0.2, -0.15) is 0 Å². The number of aliphatic hydroxyl groups is 1. The molecule has 1 heterocycles. The first-order valence-corrected chi connectivity index (χ1v) is 13.6. The molecule has 0 bridgehead atoms. The zero-order chi connectivity index (χ0) is 27.8. The van der Waals surface area contributed by atoms with Crippen molar-refractivity contribution in [1.82, 2.24) is 5.32 Å². The highest BCUT2D eigenvalue weighted by Crippen LogP contribution is 2.34. The van der Waals surface area contributed by atoms with Crippen LogP contribution in [-0.4, -0.2) is 54.2 Å². The molecular formula is C29H47N3O5. The highest BCUT2D eigenvalue weighted by atomic mass is 16.5. The largest absolute Gasteiger partial charge is 0.463 e. The first-order valence-electron chi connectivity index (χ1n) is 13.6. The fourth-order valence-corrected chi connectivity index (χ4v) is 4.88. The number of nitrogens with two attached hydrogens (primary N) is 1. The molecule has 0 saturated heterocycles. The minimum Gasteiger partial charge on any atom is -0.463 e. The summed E-state index contributed by atoms with van der Waals surface area (Å²) in [6, 6.07) is 7.08. The number of hydrogen-bond donors (Lipinski definition) is 3. The van der Waals surface area contributed by atoms with E-state index in [1.165, 1.54) is 0 Å². The molecule has 1 aromatic carbocycles. The highest BCUT2D eigenvalue weighted by Gasteiger charge is 2.36. The van der Waals surface area contributed by atoms with E-state index >= 15 is 0 Å². The third-order valence-electron chi connectivity index (χ3n) is 6.92. The van der Waals surface area contributed by atoms with Gasteiger partial charge in [-0.15, -0.1) is 0 Å². The number of fused-ring (bicyclic) bond motifs is 1. The number of hydrogen-bond acceptors (Lipinski definition) is 6. The number of nitrogens with one attached hydrogen (secondary N) is 1. The minimum atomic E-state index is -0.854. The van der Waals surface area contributed by atoms with Crippen LogP contribution in [0.4, 0.5) is 5.69 Å². The van der Waals surface area contributed by atoms with Gasteiger partial charge in [0.2, 0.25) is 11.8 Å². The van der Waals surface area contributed by atoms with Gasteiger partial charge in [-0.05, 0) is 56.6 Å². The lowest BCUT2D eigenvalue weighted by Crippen LogP contribution is -2.46. The molecule has 0 aliphatic carbocycles. The Hall–Kier alpha value is -2.45. The molecule has 37 heavy (non-hydrogen) atoms. The van der Waals surface area contributed by atoms with Crippen LogP contribution < -0.4 is 16.0 Å². The first-order chi connectivity index (χ1) is 17.3. The van der Waals surface area contributed by atoms with E-state index in [2.05, 4.69) is 12.2 Å². The maximum Gasteiger partial charge on any atom is 0.311 e. The number of esters is 1. The average molecular weight is 518 g/mol. The summed E-state index contributed by atoms with van der Waals surface area (Å²) in [7, 11) is 0. The fraction of sp³-hybridized carbons (Fsp3) is 0.690. The Kier molecular flexibility index (Phi) is 11.6. The van der Waals surface area contributed by atoms with Crippen molar-refractivity contribution in [2.24, 2.45) is 23.0 Å². The lowest BCUT2D eigenvalue weighted by atomic mass is 9.79. The third-order valence-corrected chi connectivity index (χ3v) is 6.92. The van der Waals surface area contributed by atoms with Crippen LogP contribution in [0, 0.1) is 17.3 Å². The molecule has 0 spiro atoms. The van der Waals surface area contributed by atoms with E-state index in [-0.39, 0.29) is 49.2 Å². The molecule has 0 aromatic heterocycles. The third kappa shape index (κ3) is 9.42. The fourth-order valence-electron chi connectivity index (χ4n) is 4.88. The summed E-state index contributed by atoms with van der Waals surface area (Å²) in [4.78, 5) is 40.2. The Morgan fingerprint density at radius 1 is 1.22 bits per heavy atom. The molecule has 1 aliphatic heterocycles. The summed E-state index contributed by atoms with van der Waals surface area (Å²) in [5, 5.41) is 13.6. The molecule has 0 fully saturated rings. The quantitative estimate of drug-likeness (QED) is 0.272.